The van der Waals surface area contributed by atoms with E-state index in [4.69, 9.17) is 5.11 Å². The normalized spacial score (nSPS) is 11.9. The summed E-state index contributed by atoms with van der Waals surface area (Å²) in [5, 5.41) is 13.6. The highest BCUT2D eigenvalue weighted by Gasteiger charge is 2.17. The van der Waals surface area contributed by atoms with Crippen LogP contribution in [0.4, 0.5) is 0 Å². The second kappa shape index (κ2) is 5.82. The van der Waals surface area contributed by atoms with Crippen LogP contribution in [0.2, 0.25) is 0 Å². The Balaban J connectivity index is 2.47. The molecule has 0 aliphatic rings. The first-order valence-electron chi connectivity index (χ1n) is 5.18. The zero-order chi connectivity index (χ0) is 12.0. The van der Waals surface area contributed by atoms with Gasteiger partial charge < -0.3 is 10.4 Å². The van der Waals surface area contributed by atoms with E-state index < -0.39 is 0 Å². The molecule has 1 aromatic rings. The topological polar surface area (TPSA) is 49.3 Å². The average molecular weight is 239 g/mol. The van der Waals surface area contributed by atoms with Crippen molar-refractivity contribution < 1.29 is 9.90 Å². The fourth-order valence-electron chi connectivity index (χ4n) is 1.26. The summed E-state index contributed by atoms with van der Waals surface area (Å²) in [5.41, 5.74) is -0.369. The lowest BCUT2D eigenvalue weighted by molar-refractivity contribution is -0.118. The molecule has 3 nitrogen and oxygen atoms in total. The summed E-state index contributed by atoms with van der Waals surface area (Å²) in [6.45, 7) is 3.85. The van der Waals surface area contributed by atoms with Crippen LogP contribution in [0.15, 0.2) is 23.6 Å². The summed E-state index contributed by atoms with van der Waals surface area (Å²) in [6.07, 6.45) is 3.85. The zero-order valence-electron chi connectivity index (χ0n) is 9.56. The van der Waals surface area contributed by atoms with Crippen molar-refractivity contribution in [3.63, 3.8) is 0 Å². The van der Waals surface area contributed by atoms with E-state index in [-0.39, 0.29) is 18.1 Å². The van der Waals surface area contributed by atoms with Crippen LogP contribution in [0.25, 0.3) is 6.08 Å². The Bertz CT molecular complexity index is 355. The van der Waals surface area contributed by atoms with Gasteiger partial charge in [0.2, 0.25) is 5.91 Å². The van der Waals surface area contributed by atoms with E-state index >= 15 is 0 Å². The predicted molar refractivity (Wildman–Crippen MR) is 67.3 cm³/mol. The van der Waals surface area contributed by atoms with Crippen molar-refractivity contribution >= 4 is 23.3 Å². The largest absolute Gasteiger partial charge is 0.396 e. The van der Waals surface area contributed by atoms with E-state index in [0.29, 0.717) is 6.42 Å². The maximum atomic E-state index is 11.6. The third-order valence-electron chi connectivity index (χ3n) is 2.14. The lowest BCUT2D eigenvalue weighted by Gasteiger charge is -2.24. The molecule has 1 aromatic heterocycles. The summed E-state index contributed by atoms with van der Waals surface area (Å²) in [5.74, 6) is -0.133. The Morgan fingerprint density at radius 2 is 2.38 bits per heavy atom. The van der Waals surface area contributed by atoms with Gasteiger partial charge in [-0.1, -0.05) is 6.07 Å². The minimum Gasteiger partial charge on any atom is -0.396 e. The van der Waals surface area contributed by atoms with Gasteiger partial charge in [0.15, 0.2) is 0 Å². The SMILES string of the molecule is CC(C)(CCO)NC(=O)/C=C/c1cccs1. The number of rotatable bonds is 5. The molecule has 0 aliphatic carbocycles. The Labute approximate surface area is 99.8 Å². The Hall–Kier alpha value is -1.13. The van der Waals surface area contributed by atoms with Crippen molar-refractivity contribution in [2.75, 3.05) is 6.61 Å². The highest BCUT2D eigenvalue weighted by Crippen LogP contribution is 2.11. The molecule has 2 N–H and O–H groups in total. The fourth-order valence-corrected chi connectivity index (χ4v) is 1.88. The van der Waals surface area contributed by atoms with Crippen molar-refractivity contribution in [2.45, 2.75) is 25.8 Å². The number of thiophene rings is 1. The molecule has 0 saturated heterocycles. The van der Waals surface area contributed by atoms with Gasteiger partial charge in [-0.3, -0.25) is 4.79 Å². The summed E-state index contributed by atoms with van der Waals surface area (Å²) in [4.78, 5) is 12.6. The van der Waals surface area contributed by atoms with Crippen molar-refractivity contribution in [2.24, 2.45) is 0 Å². The van der Waals surface area contributed by atoms with Gasteiger partial charge in [0.05, 0.1) is 0 Å². The van der Waals surface area contributed by atoms with Gasteiger partial charge >= 0.3 is 0 Å². The number of hydrogen-bond acceptors (Lipinski definition) is 3. The van der Waals surface area contributed by atoms with Gasteiger partial charge in [0.25, 0.3) is 0 Å². The quantitative estimate of drug-likeness (QED) is 0.772. The van der Waals surface area contributed by atoms with Crippen molar-refractivity contribution in [3.05, 3.63) is 28.5 Å². The van der Waals surface area contributed by atoms with Crippen LogP contribution in [0.5, 0.6) is 0 Å². The molecule has 0 aromatic carbocycles. The first-order valence-corrected chi connectivity index (χ1v) is 6.06. The lowest BCUT2D eigenvalue weighted by atomic mass is 10.0. The van der Waals surface area contributed by atoms with E-state index in [2.05, 4.69) is 5.32 Å². The molecular weight excluding hydrogens is 222 g/mol. The van der Waals surface area contributed by atoms with E-state index in [0.717, 1.165) is 4.88 Å². The first-order chi connectivity index (χ1) is 7.53. The number of aliphatic hydroxyl groups excluding tert-OH is 1. The Morgan fingerprint density at radius 3 is 2.94 bits per heavy atom. The molecule has 0 aliphatic heterocycles. The molecule has 88 valence electrons. The highest BCUT2D eigenvalue weighted by atomic mass is 32.1. The number of hydrogen-bond donors (Lipinski definition) is 2. The van der Waals surface area contributed by atoms with Gasteiger partial charge in [0, 0.05) is 23.1 Å². The van der Waals surface area contributed by atoms with Gasteiger partial charge in [0.1, 0.15) is 0 Å². The number of nitrogens with one attached hydrogen (secondary N) is 1. The minimum atomic E-state index is -0.369. The molecule has 0 bridgehead atoms. The van der Waals surface area contributed by atoms with Crippen LogP contribution in [0, 0.1) is 0 Å². The maximum Gasteiger partial charge on any atom is 0.244 e. The van der Waals surface area contributed by atoms with E-state index in [1.54, 1.807) is 17.4 Å². The zero-order valence-corrected chi connectivity index (χ0v) is 10.4. The molecule has 0 spiro atoms. The van der Waals surface area contributed by atoms with Crippen molar-refractivity contribution in [3.8, 4) is 0 Å². The number of carbonyl (C=O) groups is 1. The van der Waals surface area contributed by atoms with Crippen LogP contribution in [0.1, 0.15) is 25.1 Å². The first kappa shape index (κ1) is 12.9. The maximum absolute atomic E-state index is 11.6. The van der Waals surface area contributed by atoms with E-state index in [1.165, 1.54) is 6.08 Å². The average Bonchev–Trinajstić information content (AvgIpc) is 2.66. The molecule has 0 atom stereocenters. The van der Waals surface area contributed by atoms with Crippen molar-refractivity contribution in [1.82, 2.24) is 5.32 Å². The molecule has 1 rings (SSSR count). The Kier molecular flexibility index (Phi) is 4.71. The fraction of sp³-hybridized carbons (Fsp3) is 0.417. The molecule has 0 unspecified atom stereocenters. The van der Waals surface area contributed by atoms with Crippen molar-refractivity contribution in [1.29, 1.82) is 0 Å². The summed E-state index contributed by atoms with van der Waals surface area (Å²) >= 11 is 1.59. The minimum absolute atomic E-state index is 0.0713. The monoisotopic (exact) mass is 239 g/mol. The molecule has 16 heavy (non-hydrogen) atoms. The standard InChI is InChI=1S/C12H17NO2S/c1-12(2,7-8-14)13-11(15)6-5-10-4-3-9-16-10/h3-6,9,14H,7-8H2,1-2H3,(H,13,15)/b6-5+. The molecule has 0 radical (unpaired) electrons. The third kappa shape index (κ3) is 4.59. The molecular formula is C12H17NO2S. The van der Waals surface area contributed by atoms with Crippen LogP contribution in [0.3, 0.4) is 0 Å². The number of aliphatic hydroxyl groups is 1. The molecule has 1 heterocycles. The van der Waals surface area contributed by atoms with Crippen LogP contribution < -0.4 is 5.32 Å². The Morgan fingerprint density at radius 1 is 1.62 bits per heavy atom. The van der Waals surface area contributed by atoms with Gasteiger partial charge in [-0.25, -0.2) is 0 Å². The second-order valence-electron chi connectivity index (χ2n) is 4.20. The van der Waals surface area contributed by atoms with Gasteiger partial charge in [-0.15, -0.1) is 11.3 Å². The third-order valence-corrected chi connectivity index (χ3v) is 2.98. The van der Waals surface area contributed by atoms with Crippen LogP contribution in [-0.2, 0) is 4.79 Å². The van der Waals surface area contributed by atoms with Crippen LogP contribution >= 0.6 is 11.3 Å². The molecule has 0 fully saturated rings. The number of carbonyl (C=O) groups excluding carboxylic acids is 1. The van der Waals surface area contributed by atoms with E-state index in [9.17, 15) is 4.79 Å². The summed E-state index contributed by atoms with van der Waals surface area (Å²) in [6, 6.07) is 3.89. The molecule has 0 saturated carbocycles. The molecule has 4 heteroatoms. The predicted octanol–water partition coefficient (Wildman–Crippen LogP) is 2.04. The molecule has 1 amide bonds. The van der Waals surface area contributed by atoms with Crippen LogP contribution in [-0.4, -0.2) is 23.2 Å². The summed E-state index contributed by atoms with van der Waals surface area (Å²) < 4.78 is 0. The smallest absolute Gasteiger partial charge is 0.244 e. The summed E-state index contributed by atoms with van der Waals surface area (Å²) in [7, 11) is 0. The number of amides is 1. The van der Waals surface area contributed by atoms with E-state index in [1.807, 2.05) is 31.4 Å². The highest BCUT2D eigenvalue weighted by molar-refractivity contribution is 7.10. The van der Waals surface area contributed by atoms with Gasteiger partial charge in [-0.05, 0) is 37.8 Å². The second-order valence-corrected chi connectivity index (χ2v) is 5.17. The van der Waals surface area contributed by atoms with Gasteiger partial charge in [-0.2, -0.15) is 0 Å². The lowest BCUT2D eigenvalue weighted by Crippen LogP contribution is -2.43.